The molecule has 5 heteroatoms. The minimum Gasteiger partial charge on any atom is -0.261 e. The molecule has 0 bridgehead atoms. The van der Waals surface area contributed by atoms with E-state index in [1.807, 2.05) is 12.3 Å². The summed E-state index contributed by atoms with van der Waals surface area (Å²) in [7, 11) is 0. The van der Waals surface area contributed by atoms with E-state index < -0.39 is 0 Å². The third kappa shape index (κ3) is 1.17. The quantitative estimate of drug-likeness (QED) is 0.717. The Morgan fingerprint density at radius 1 is 1.58 bits per heavy atom. The number of aromatic amines is 1. The Morgan fingerprint density at radius 3 is 3.17 bits per heavy atom. The molecule has 0 saturated heterocycles. The minimum absolute atomic E-state index is 0.677. The predicted octanol–water partition coefficient (Wildman–Crippen LogP) is 2.33. The van der Waals surface area contributed by atoms with Crippen LogP contribution in [0.2, 0.25) is 5.02 Å². The van der Waals surface area contributed by atoms with Gasteiger partial charge in [-0.2, -0.15) is 5.10 Å². The van der Waals surface area contributed by atoms with Crippen LogP contribution >= 0.6 is 23.4 Å². The Hall–Kier alpha value is -0.740. The lowest BCUT2D eigenvalue weighted by atomic mass is 10.4. The zero-order valence-corrected chi connectivity index (χ0v) is 7.91. The molecule has 0 radical (unpaired) electrons. The molecule has 0 atom stereocenters. The number of rotatable bonds is 1. The van der Waals surface area contributed by atoms with Crippen molar-refractivity contribution >= 4 is 34.4 Å². The van der Waals surface area contributed by atoms with Gasteiger partial charge in [0.2, 0.25) is 0 Å². The van der Waals surface area contributed by atoms with Crippen molar-refractivity contribution in [1.82, 2.24) is 15.2 Å². The van der Waals surface area contributed by atoms with E-state index in [1.54, 1.807) is 6.20 Å². The number of aromatic nitrogens is 3. The highest BCUT2D eigenvalue weighted by atomic mass is 35.5. The molecule has 0 unspecified atom stereocenters. The number of hydrogen-bond acceptors (Lipinski definition) is 3. The van der Waals surface area contributed by atoms with Crippen molar-refractivity contribution in [2.24, 2.45) is 0 Å². The number of H-pyrrole nitrogens is 1. The van der Waals surface area contributed by atoms with E-state index in [1.165, 1.54) is 11.8 Å². The molecule has 62 valence electrons. The van der Waals surface area contributed by atoms with Crippen LogP contribution in [-0.2, 0) is 0 Å². The number of nitrogens with one attached hydrogen (secondary N) is 1. The molecule has 0 aromatic carbocycles. The average molecular weight is 200 g/mol. The van der Waals surface area contributed by atoms with Gasteiger partial charge in [-0.15, -0.1) is 11.8 Å². The van der Waals surface area contributed by atoms with Gasteiger partial charge >= 0.3 is 0 Å². The van der Waals surface area contributed by atoms with Crippen molar-refractivity contribution in [2.45, 2.75) is 5.03 Å². The maximum atomic E-state index is 5.94. The van der Waals surface area contributed by atoms with E-state index in [0.717, 1.165) is 16.1 Å². The van der Waals surface area contributed by atoms with E-state index >= 15 is 0 Å². The molecular weight excluding hydrogens is 194 g/mol. The van der Waals surface area contributed by atoms with E-state index in [0.29, 0.717) is 5.02 Å². The van der Waals surface area contributed by atoms with Crippen LogP contribution in [0.5, 0.6) is 0 Å². The van der Waals surface area contributed by atoms with Crippen LogP contribution in [0.15, 0.2) is 17.3 Å². The normalized spacial score (nSPS) is 10.8. The number of pyridine rings is 1. The highest BCUT2D eigenvalue weighted by Gasteiger charge is 2.04. The second kappa shape index (κ2) is 2.95. The number of hydrogen-bond donors (Lipinski definition) is 1. The van der Waals surface area contributed by atoms with E-state index in [2.05, 4.69) is 15.2 Å². The fourth-order valence-corrected chi connectivity index (χ4v) is 1.81. The van der Waals surface area contributed by atoms with Gasteiger partial charge in [0, 0.05) is 5.39 Å². The highest BCUT2D eigenvalue weighted by molar-refractivity contribution is 7.98. The molecule has 0 aliphatic carbocycles. The first-order valence-electron chi connectivity index (χ1n) is 3.35. The Kier molecular flexibility index (Phi) is 1.94. The Balaban J connectivity index is 2.73. The summed E-state index contributed by atoms with van der Waals surface area (Å²) >= 11 is 7.46. The van der Waals surface area contributed by atoms with Crippen molar-refractivity contribution in [3.8, 4) is 0 Å². The topological polar surface area (TPSA) is 41.6 Å². The van der Waals surface area contributed by atoms with Crippen LogP contribution < -0.4 is 0 Å². The molecule has 2 heterocycles. The molecule has 1 N–H and O–H groups in total. The van der Waals surface area contributed by atoms with Gasteiger partial charge in [0.05, 0.1) is 11.2 Å². The lowest BCUT2D eigenvalue weighted by molar-refractivity contribution is 1.07. The lowest BCUT2D eigenvalue weighted by Gasteiger charge is -1.97. The molecule has 0 aliphatic heterocycles. The lowest BCUT2D eigenvalue weighted by Crippen LogP contribution is -1.82. The summed E-state index contributed by atoms with van der Waals surface area (Å²) in [5.41, 5.74) is 0.781. The van der Waals surface area contributed by atoms with Gasteiger partial charge in [0.1, 0.15) is 5.03 Å². The third-order valence-electron chi connectivity index (χ3n) is 1.54. The van der Waals surface area contributed by atoms with Crippen molar-refractivity contribution < 1.29 is 0 Å². The first-order chi connectivity index (χ1) is 5.81. The Labute approximate surface area is 78.5 Å². The van der Waals surface area contributed by atoms with Crippen LogP contribution in [0.4, 0.5) is 0 Å². The summed E-state index contributed by atoms with van der Waals surface area (Å²) in [6.45, 7) is 0. The van der Waals surface area contributed by atoms with Gasteiger partial charge in [0.25, 0.3) is 0 Å². The van der Waals surface area contributed by atoms with Gasteiger partial charge in [-0.25, -0.2) is 4.98 Å². The van der Waals surface area contributed by atoms with Gasteiger partial charge in [-0.3, -0.25) is 5.10 Å². The molecule has 0 spiro atoms. The summed E-state index contributed by atoms with van der Waals surface area (Å²) in [6.07, 6.45) is 3.65. The molecule has 0 aliphatic rings. The summed E-state index contributed by atoms with van der Waals surface area (Å²) in [4.78, 5) is 4.27. The molecule has 2 rings (SSSR count). The Bertz CT molecular complexity index is 412. The van der Waals surface area contributed by atoms with E-state index in [-0.39, 0.29) is 0 Å². The van der Waals surface area contributed by atoms with Gasteiger partial charge in [0.15, 0.2) is 5.65 Å². The van der Waals surface area contributed by atoms with Gasteiger partial charge in [-0.1, -0.05) is 11.6 Å². The first kappa shape index (κ1) is 7.89. The van der Waals surface area contributed by atoms with E-state index in [4.69, 9.17) is 11.6 Å². The number of halogens is 1. The third-order valence-corrected chi connectivity index (χ3v) is 2.64. The van der Waals surface area contributed by atoms with Crippen LogP contribution in [-0.4, -0.2) is 21.4 Å². The van der Waals surface area contributed by atoms with Crippen molar-refractivity contribution in [3.63, 3.8) is 0 Å². The molecule has 12 heavy (non-hydrogen) atoms. The SMILES string of the molecule is CSc1nc2[nH]ncc2cc1Cl. The first-order valence-corrected chi connectivity index (χ1v) is 4.95. The maximum absolute atomic E-state index is 5.94. The van der Waals surface area contributed by atoms with Crippen molar-refractivity contribution in [3.05, 3.63) is 17.3 Å². The van der Waals surface area contributed by atoms with E-state index in [9.17, 15) is 0 Å². The summed E-state index contributed by atoms with van der Waals surface area (Å²) in [5, 5.41) is 9.10. The van der Waals surface area contributed by atoms with Crippen LogP contribution in [0, 0.1) is 0 Å². The molecule has 2 aromatic rings. The number of nitrogens with zero attached hydrogens (tertiary/aromatic N) is 2. The van der Waals surface area contributed by atoms with Crippen LogP contribution in [0.1, 0.15) is 0 Å². The summed E-state index contributed by atoms with van der Waals surface area (Å²) in [6, 6.07) is 1.86. The minimum atomic E-state index is 0.677. The molecule has 0 amide bonds. The zero-order valence-electron chi connectivity index (χ0n) is 6.34. The molecular formula is C7H6ClN3S. The van der Waals surface area contributed by atoms with Gasteiger partial charge in [-0.05, 0) is 12.3 Å². The Morgan fingerprint density at radius 2 is 2.42 bits per heavy atom. The number of thioether (sulfide) groups is 1. The van der Waals surface area contributed by atoms with Crippen molar-refractivity contribution in [2.75, 3.05) is 6.26 Å². The van der Waals surface area contributed by atoms with Gasteiger partial charge < -0.3 is 0 Å². The van der Waals surface area contributed by atoms with Crippen molar-refractivity contribution in [1.29, 1.82) is 0 Å². The molecule has 2 aromatic heterocycles. The highest BCUT2D eigenvalue weighted by Crippen LogP contribution is 2.25. The second-order valence-corrected chi connectivity index (χ2v) is 3.49. The van der Waals surface area contributed by atoms with Crippen LogP contribution in [0.3, 0.4) is 0 Å². The standard InChI is InChI=1S/C7H6ClN3S/c1-12-7-5(8)2-4-3-9-11-6(4)10-7/h2-3H,1H3,(H,9,10,11). The largest absolute Gasteiger partial charge is 0.261 e. The molecule has 0 fully saturated rings. The summed E-state index contributed by atoms with van der Waals surface area (Å²) in [5.74, 6) is 0. The zero-order chi connectivity index (χ0) is 8.55. The monoisotopic (exact) mass is 199 g/mol. The summed E-state index contributed by atoms with van der Waals surface area (Å²) < 4.78 is 0. The average Bonchev–Trinajstić information content (AvgIpc) is 2.49. The second-order valence-electron chi connectivity index (χ2n) is 2.29. The molecule has 0 saturated carbocycles. The fraction of sp³-hybridized carbons (Fsp3) is 0.143. The number of fused-ring (bicyclic) bond motifs is 1. The smallest absolute Gasteiger partial charge is 0.156 e. The van der Waals surface area contributed by atoms with Crippen LogP contribution in [0.25, 0.3) is 11.0 Å². The predicted molar refractivity (Wildman–Crippen MR) is 50.7 cm³/mol. The fourth-order valence-electron chi connectivity index (χ4n) is 0.980. The molecule has 3 nitrogen and oxygen atoms in total. The maximum Gasteiger partial charge on any atom is 0.156 e.